The van der Waals surface area contributed by atoms with E-state index in [1.807, 2.05) is 0 Å². The third kappa shape index (κ3) is 4.40. The number of nitro benzene ring substituents is 1. The molecule has 0 aliphatic carbocycles. The predicted octanol–water partition coefficient (Wildman–Crippen LogP) is 0.629. The summed E-state index contributed by atoms with van der Waals surface area (Å²) in [4.78, 5) is 24.5. The highest BCUT2D eigenvalue weighted by atomic mass is 16.6. The summed E-state index contributed by atoms with van der Waals surface area (Å²) in [5.41, 5.74) is 5.93. The van der Waals surface area contributed by atoms with Crippen LogP contribution in [0.15, 0.2) is 18.2 Å². The van der Waals surface area contributed by atoms with Crippen LogP contribution in [0.3, 0.4) is 0 Å². The summed E-state index contributed by atoms with van der Waals surface area (Å²) in [6.07, 6.45) is 0.806. The Morgan fingerprint density at radius 3 is 2.82 bits per heavy atom. The number of rotatable bonds is 6. The topological polar surface area (TPSA) is 111 Å². The van der Waals surface area contributed by atoms with E-state index < -0.39 is 4.92 Å². The Balaban J connectivity index is 1.81. The lowest BCUT2D eigenvalue weighted by molar-refractivity contribution is -0.384. The number of morpholine rings is 1. The van der Waals surface area contributed by atoms with E-state index in [0.717, 1.165) is 39.3 Å². The lowest BCUT2D eigenvalue weighted by Gasteiger charge is -2.26. The van der Waals surface area contributed by atoms with E-state index in [0.29, 0.717) is 6.54 Å². The van der Waals surface area contributed by atoms with Crippen LogP contribution in [-0.4, -0.2) is 55.1 Å². The van der Waals surface area contributed by atoms with Gasteiger partial charge in [0.2, 0.25) is 0 Å². The van der Waals surface area contributed by atoms with E-state index in [1.165, 1.54) is 18.2 Å². The lowest BCUT2D eigenvalue weighted by atomic mass is 10.1. The van der Waals surface area contributed by atoms with Crippen LogP contribution in [0.1, 0.15) is 16.8 Å². The highest BCUT2D eigenvalue weighted by Crippen LogP contribution is 2.19. The molecule has 120 valence electrons. The van der Waals surface area contributed by atoms with Crippen molar-refractivity contribution >= 4 is 17.3 Å². The maximum Gasteiger partial charge on any atom is 0.270 e. The van der Waals surface area contributed by atoms with Crippen molar-refractivity contribution < 1.29 is 14.5 Å². The van der Waals surface area contributed by atoms with Crippen LogP contribution >= 0.6 is 0 Å². The first-order valence-corrected chi connectivity index (χ1v) is 7.20. The Labute approximate surface area is 128 Å². The minimum atomic E-state index is -0.547. The van der Waals surface area contributed by atoms with Gasteiger partial charge >= 0.3 is 0 Å². The van der Waals surface area contributed by atoms with Crippen molar-refractivity contribution in [2.24, 2.45) is 0 Å². The summed E-state index contributed by atoms with van der Waals surface area (Å²) in [7, 11) is 0. The average Bonchev–Trinajstić information content (AvgIpc) is 2.52. The highest BCUT2D eigenvalue weighted by molar-refractivity contribution is 5.99. The number of nitrogens with zero attached hydrogens (tertiary/aromatic N) is 2. The fourth-order valence-corrected chi connectivity index (χ4v) is 2.28. The highest BCUT2D eigenvalue weighted by Gasteiger charge is 2.15. The van der Waals surface area contributed by atoms with Gasteiger partial charge in [-0.25, -0.2) is 0 Å². The monoisotopic (exact) mass is 308 g/mol. The summed E-state index contributed by atoms with van der Waals surface area (Å²) >= 11 is 0. The second-order valence-corrected chi connectivity index (χ2v) is 5.09. The summed E-state index contributed by atoms with van der Waals surface area (Å²) in [6.45, 7) is 4.69. The van der Waals surface area contributed by atoms with Crippen molar-refractivity contribution in [3.63, 3.8) is 0 Å². The molecular formula is C14H20N4O4. The van der Waals surface area contributed by atoms with Crippen LogP contribution in [0.5, 0.6) is 0 Å². The van der Waals surface area contributed by atoms with Crippen molar-refractivity contribution in [3.8, 4) is 0 Å². The Morgan fingerprint density at radius 2 is 2.14 bits per heavy atom. The van der Waals surface area contributed by atoms with E-state index in [-0.39, 0.29) is 22.8 Å². The smallest absolute Gasteiger partial charge is 0.270 e. The molecule has 0 bridgehead atoms. The number of carbonyl (C=O) groups excluding carboxylic acids is 1. The molecule has 8 nitrogen and oxygen atoms in total. The number of nitrogens with one attached hydrogen (secondary N) is 1. The standard InChI is InChI=1S/C14H20N4O4/c15-13-3-2-11(18(20)21)10-12(13)14(19)16-4-1-5-17-6-8-22-9-7-17/h2-3,10H,1,4-9,15H2,(H,16,19). The fraction of sp³-hybridized carbons (Fsp3) is 0.500. The minimum Gasteiger partial charge on any atom is -0.398 e. The molecule has 1 amide bonds. The van der Waals surface area contributed by atoms with Gasteiger partial charge in [0.15, 0.2) is 0 Å². The van der Waals surface area contributed by atoms with Crippen LogP contribution in [-0.2, 0) is 4.74 Å². The molecule has 3 N–H and O–H groups in total. The third-order valence-corrected chi connectivity index (χ3v) is 3.53. The van der Waals surface area contributed by atoms with E-state index in [4.69, 9.17) is 10.5 Å². The van der Waals surface area contributed by atoms with E-state index in [2.05, 4.69) is 10.2 Å². The number of nitro groups is 1. The zero-order valence-electron chi connectivity index (χ0n) is 12.3. The molecular weight excluding hydrogens is 288 g/mol. The Kier molecular flexibility index (Phi) is 5.68. The fourth-order valence-electron chi connectivity index (χ4n) is 2.28. The van der Waals surface area contributed by atoms with Gasteiger partial charge in [0.25, 0.3) is 11.6 Å². The molecule has 2 rings (SSSR count). The van der Waals surface area contributed by atoms with Crippen LogP contribution in [0.25, 0.3) is 0 Å². The summed E-state index contributed by atoms with van der Waals surface area (Å²) in [5.74, 6) is -0.386. The Hall–Kier alpha value is -2.19. The number of hydrogen-bond acceptors (Lipinski definition) is 6. The summed E-state index contributed by atoms with van der Waals surface area (Å²) < 4.78 is 5.27. The van der Waals surface area contributed by atoms with Crippen LogP contribution in [0.2, 0.25) is 0 Å². The predicted molar refractivity (Wildman–Crippen MR) is 81.7 cm³/mol. The number of hydrogen-bond donors (Lipinski definition) is 2. The SMILES string of the molecule is Nc1ccc([N+](=O)[O-])cc1C(=O)NCCCN1CCOCC1. The molecule has 1 aromatic rings. The van der Waals surface area contributed by atoms with Crippen molar-refractivity contribution in [1.29, 1.82) is 0 Å². The minimum absolute atomic E-state index is 0.139. The molecule has 1 fully saturated rings. The van der Waals surface area contributed by atoms with Gasteiger partial charge < -0.3 is 15.8 Å². The zero-order valence-corrected chi connectivity index (χ0v) is 12.3. The molecule has 1 aliphatic heterocycles. The van der Waals surface area contributed by atoms with Gasteiger partial charge in [-0.3, -0.25) is 19.8 Å². The maximum absolute atomic E-state index is 12.0. The molecule has 1 heterocycles. The molecule has 1 saturated heterocycles. The number of nitrogen functional groups attached to an aromatic ring is 1. The molecule has 0 saturated carbocycles. The molecule has 8 heteroatoms. The third-order valence-electron chi connectivity index (χ3n) is 3.53. The number of nitrogens with two attached hydrogens (primary N) is 1. The van der Waals surface area contributed by atoms with Crippen LogP contribution in [0, 0.1) is 10.1 Å². The van der Waals surface area contributed by atoms with Crippen molar-refractivity contribution in [2.75, 3.05) is 45.1 Å². The zero-order chi connectivity index (χ0) is 15.9. The Morgan fingerprint density at radius 1 is 1.41 bits per heavy atom. The van der Waals surface area contributed by atoms with Gasteiger partial charge in [-0.05, 0) is 19.0 Å². The number of benzene rings is 1. The molecule has 0 spiro atoms. The molecule has 0 unspecified atom stereocenters. The molecule has 0 aromatic heterocycles. The maximum atomic E-state index is 12.0. The van der Waals surface area contributed by atoms with E-state index >= 15 is 0 Å². The number of non-ortho nitro benzene ring substituents is 1. The average molecular weight is 308 g/mol. The van der Waals surface area contributed by atoms with Gasteiger partial charge in [0.1, 0.15) is 0 Å². The van der Waals surface area contributed by atoms with Gasteiger partial charge in [-0.15, -0.1) is 0 Å². The first-order valence-electron chi connectivity index (χ1n) is 7.20. The van der Waals surface area contributed by atoms with Crippen molar-refractivity contribution in [2.45, 2.75) is 6.42 Å². The van der Waals surface area contributed by atoms with Gasteiger partial charge in [0.05, 0.1) is 23.7 Å². The number of anilines is 1. The molecule has 0 atom stereocenters. The largest absolute Gasteiger partial charge is 0.398 e. The second kappa shape index (κ2) is 7.71. The van der Waals surface area contributed by atoms with Crippen LogP contribution < -0.4 is 11.1 Å². The first kappa shape index (κ1) is 16.2. The van der Waals surface area contributed by atoms with Gasteiger partial charge in [-0.2, -0.15) is 0 Å². The summed E-state index contributed by atoms with van der Waals surface area (Å²) in [5, 5.41) is 13.5. The van der Waals surface area contributed by atoms with E-state index in [1.54, 1.807) is 0 Å². The lowest BCUT2D eigenvalue weighted by Crippen LogP contribution is -2.38. The molecule has 22 heavy (non-hydrogen) atoms. The second-order valence-electron chi connectivity index (χ2n) is 5.09. The molecule has 1 aliphatic rings. The normalized spacial score (nSPS) is 15.5. The van der Waals surface area contributed by atoms with Gasteiger partial charge in [0, 0.05) is 37.5 Å². The van der Waals surface area contributed by atoms with Crippen molar-refractivity contribution in [3.05, 3.63) is 33.9 Å². The summed E-state index contributed by atoms with van der Waals surface area (Å²) in [6, 6.07) is 3.86. The Bertz CT molecular complexity index is 544. The first-order chi connectivity index (χ1) is 10.6. The van der Waals surface area contributed by atoms with Crippen molar-refractivity contribution in [1.82, 2.24) is 10.2 Å². The van der Waals surface area contributed by atoms with Crippen LogP contribution in [0.4, 0.5) is 11.4 Å². The molecule has 0 radical (unpaired) electrons. The number of amides is 1. The van der Waals surface area contributed by atoms with E-state index in [9.17, 15) is 14.9 Å². The molecule has 1 aromatic carbocycles. The number of ether oxygens (including phenoxy) is 1. The quantitative estimate of drug-likeness (QED) is 0.345. The number of carbonyl (C=O) groups is 1. The van der Waals surface area contributed by atoms with Gasteiger partial charge in [-0.1, -0.05) is 0 Å².